The molecule has 15 heavy (non-hydrogen) atoms. The van der Waals surface area contributed by atoms with Gasteiger partial charge in [0.1, 0.15) is 0 Å². The number of thioether (sulfide) groups is 1. The highest BCUT2D eigenvalue weighted by atomic mass is 32.2. The molecule has 0 radical (unpaired) electrons. The van der Waals surface area contributed by atoms with E-state index >= 15 is 0 Å². The average Bonchev–Trinajstić information content (AvgIpc) is 2.64. The van der Waals surface area contributed by atoms with Gasteiger partial charge in [-0.25, -0.2) is 0 Å². The molecule has 1 aromatic heterocycles. The molecule has 1 aromatic rings. The quantitative estimate of drug-likeness (QED) is 0.809. The zero-order chi connectivity index (χ0) is 10.9. The molecule has 0 amide bonds. The van der Waals surface area contributed by atoms with Crippen molar-refractivity contribution in [3.8, 4) is 0 Å². The Kier molecular flexibility index (Phi) is 2.88. The molecule has 0 aromatic carbocycles. The molecule has 6 heteroatoms. The van der Waals surface area contributed by atoms with Crippen molar-refractivity contribution in [2.75, 3.05) is 23.7 Å². The lowest BCUT2D eigenvalue weighted by molar-refractivity contribution is 0.476. The first kappa shape index (κ1) is 10.8. The van der Waals surface area contributed by atoms with Gasteiger partial charge in [0.05, 0.1) is 6.54 Å². The molecule has 1 saturated heterocycles. The van der Waals surface area contributed by atoms with E-state index in [4.69, 9.17) is 10.2 Å². The number of hydrogen-bond acceptors (Lipinski definition) is 6. The van der Waals surface area contributed by atoms with Crippen LogP contribution < -0.4 is 10.6 Å². The molecular weight excluding hydrogens is 212 g/mol. The van der Waals surface area contributed by atoms with Crippen molar-refractivity contribution in [1.29, 1.82) is 0 Å². The molecule has 0 unspecified atom stereocenters. The van der Waals surface area contributed by atoms with Gasteiger partial charge in [0.25, 0.3) is 0 Å². The minimum atomic E-state index is 0.246. The molecule has 1 fully saturated rings. The van der Waals surface area contributed by atoms with Gasteiger partial charge in [-0.3, -0.25) is 0 Å². The van der Waals surface area contributed by atoms with Crippen molar-refractivity contribution >= 4 is 17.8 Å². The van der Waals surface area contributed by atoms with Gasteiger partial charge in [-0.2, -0.15) is 11.8 Å². The maximum absolute atomic E-state index is 5.44. The van der Waals surface area contributed by atoms with Crippen molar-refractivity contribution in [2.24, 2.45) is 5.73 Å². The monoisotopic (exact) mass is 228 g/mol. The van der Waals surface area contributed by atoms with Crippen LogP contribution in [0, 0.1) is 0 Å². The highest BCUT2D eigenvalue weighted by molar-refractivity contribution is 8.00. The van der Waals surface area contributed by atoms with Crippen LogP contribution in [0.15, 0.2) is 4.42 Å². The Balaban J connectivity index is 2.10. The van der Waals surface area contributed by atoms with Crippen molar-refractivity contribution in [1.82, 2.24) is 10.2 Å². The molecule has 2 rings (SSSR count). The zero-order valence-corrected chi connectivity index (χ0v) is 9.88. The Hall–Kier alpha value is -0.750. The lowest BCUT2D eigenvalue weighted by atomic mass is 10.2. The smallest absolute Gasteiger partial charge is 0.318 e. The van der Waals surface area contributed by atoms with Crippen molar-refractivity contribution in [3.63, 3.8) is 0 Å². The topological polar surface area (TPSA) is 68.2 Å². The predicted octanol–water partition coefficient (Wildman–Crippen LogP) is 0.860. The molecule has 0 saturated carbocycles. The number of hydrogen-bond donors (Lipinski definition) is 1. The van der Waals surface area contributed by atoms with E-state index in [0.29, 0.717) is 18.5 Å². The first-order valence-corrected chi connectivity index (χ1v) is 6.01. The summed E-state index contributed by atoms with van der Waals surface area (Å²) in [6, 6.07) is 0.601. The van der Waals surface area contributed by atoms with Gasteiger partial charge in [-0.1, -0.05) is 5.10 Å². The van der Waals surface area contributed by atoms with Gasteiger partial charge in [0, 0.05) is 23.6 Å². The predicted molar refractivity (Wildman–Crippen MR) is 60.9 cm³/mol. The Bertz CT molecular complexity index is 339. The molecule has 1 aliphatic heterocycles. The molecule has 2 heterocycles. The zero-order valence-electron chi connectivity index (χ0n) is 9.06. The third-order valence-corrected chi connectivity index (χ3v) is 3.62. The van der Waals surface area contributed by atoms with Crippen LogP contribution in [0.25, 0.3) is 0 Å². The second-order valence-corrected chi connectivity index (χ2v) is 6.01. The van der Waals surface area contributed by atoms with E-state index in [1.54, 1.807) is 0 Å². The summed E-state index contributed by atoms with van der Waals surface area (Å²) < 4.78 is 5.68. The SMILES string of the molecule is CC1(C)CN(c2nnc(CN)o2)CCS1. The standard InChI is InChI=1S/C9H16N4OS/c1-9(2)6-13(3-4-15-9)8-12-11-7(5-10)14-8/h3-6,10H2,1-2H3. The van der Waals surface area contributed by atoms with E-state index in [-0.39, 0.29) is 4.75 Å². The molecule has 2 N–H and O–H groups in total. The fourth-order valence-electron chi connectivity index (χ4n) is 1.63. The van der Waals surface area contributed by atoms with Crippen LogP contribution in [-0.2, 0) is 6.54 Å². The second-order valence-electron chi connectivity index (χ2n) is 4.21. The molecule has 84 valence electrons. The van der Waals surface area contributed by atoms with E-state index in [1.165, 1.54) is 0 Å². The molecule has 5 nitrogen and oxygen atoms in total. The maximum atomic E-state index is 5.44. The highest BCUT2D eigenvalue weighted by Gasteiger charge is 2.29. The summed E-state index contributed by atoms with van der Waals surface area (Å²) in [7, 11) is 0. The minimum absolute atomic E-state index is 0.246. The Labute approximate surface area is 93.4 Å². The summed E-state index contributed by atoms with van der Waals surface area (Å²) in [5.74, 6) is 1.59. The third-order valence-electron chi connectivity index (χ3n) is 2.33. The first-order valence-electron chi connectivity index (χ1n) is 5.02. The average molecular weight is 228 g/mol. The maximum Gasteiger partial charge on any atom is 0.318 e. The van der Waals surface area contributed by atoms with Gasteiger partial charge in [-0.05, 0) is 13.8 Å². The Morgan fingerprint density at radius 3 is 2.93 bits per heavy atom. The number of anilines is 1. The molecule has 0 aliphatic carbocycles. The largest absolute Gasteiger partial charge is 0.407 e. The van der Waals surface area contributed by atoms with Crippen molar-refractivity contribution in [3.05, 3.63) is 5.89 Å². The molecule has 0 spiro atoms. The number of nitrogens with two attached hydrogens (primary N) is 1. The summed E-state index contributed by atoms with van der Waals surface area (Å²) >= 11 is 1.98. The van der Waals surface area contributed by atoms with Crippen LogP contribution in [0.3, 0.4) is 0 Å². The Morgan fingerprint density at radius 2 is 2.33 bits per heavy atom. The van der Waals surface area contributed by atoms with E-state index < -0.39 is 0 Å². The highest BCUT2D eigenvalue weighted by Crippen LogP contribution is 2.31. The molecular formula is C9H16N4OS. The second kappa shape index (κ2) is 4.02. The van der Waals surface area contributed by atoms with E-state index in [2.05, 4.69) is 28.9 Å². The van der Waals surface area contributed by atoms with E-state index in [0.717, 1.165) is 18.8 Å². The summed E-state index contributed by atoms with van der Waals surface area (Å²) in [5.41, 5.74) is 5.43. The Morgan fingerprint density at radius 1 is 1.53 bits per heavy atom. The minimum Gasteiger partial charge on any atom is -0.407 e. The summed E-state index contributed by atoms with van der Waals surface area (Å²) in [6.45, 7) is 6.65. The van der Waals surface area contributed by atoms with Crippen LogP contribution in [0.5, 0.6) is 0 Å². The number of aromatic nitrogens is 2. The van der Waals surface area contributed by atoms with Gasteiger partial charge in [-0.15, -0.1) is 5.10 Å². The van der Waals surface area contributed by atoms with Gasteiger partial charge in [0.2, 0.25) is 5.89 Å². The van der Waals surface area contributed by atoms with Crippen LogP contribution in [0.2, 0.25) is 0 Å². The fraction of sp³-hybridized carbons (Fsp3) is 0.778. The van der Waals surface area contributed by atoms with Crippen LogP contribution in [0.4, 0.5) is 6.01 Å². The van der Waals surface area contributed by atoms with Crippen molar-refractivity contribution < 1.29 is 4.42 Å². The molecule has 0 atom stereocenters. The number of rotatable bonds is 2. The summed E-state index contributed by atoms with van der Waals surface area (Å²) in [5, 5.41) is 7.86. The fourth-order valence-corrected chi connectivity index (χ4v) is 2.75. The van der Waals surface area contributed by atoms with E-state index in [9.17, 15) is 0 Å². The van der Waals surface area contributed by atoms with Crippen LogP contribution >= 0.6 is 11.8 Å². The van der Waals surface area contributed by atoms with Crippen LogP contribution in [-0.4, -0.2) is 33.8 Å². The normalized spacial score (nSPS) is 20.6. The van der Waals surface area contributed by atoms with E-state index in [1.807, 2.05) is 11.8 Å². The van der Waals surface area contributed by atoms with Crippen LogP contribution in [0.1, 0.15) is 19.7 Å². The van der Waals surface area contributed by atoms with Gasteiger partial charge >= 0.3 is 6.01 Å². The summed E-state index contributed by atoms with van der Waals surface area (Å²) in [4.78, 5) is 2.13. The lowest BCUT2D eigenvalue weighted by Gasteiger charge is -2.36. The third kappa shape index (κ3) is 2.43. The summed E-state index contributed by atoms with van der Waals surface area (Å²) in [6.07, 6.45) is 0. The molecule has 1 aliphatic rings. The lowest BCUT2D eigenvalue weighted by Crippen LogP contribution is -2.43. The first-order chi connectivity index (χ1) is 7.11. The molecule has 0 bridgehead atoms. The van der Waals surface area contributed by atoms with Gasteiger partial charge < -0.3 is 15.1 Å². The number of nitrogens with zero attached hydrogens (tertiary/aromatic N) is 3. The van der Waals surface area contributed by atoms with Gasteiger partial charge in [0.15, 0.2) is 0 Å². The van der Waals surface area contributed by atoms with Crippen molar-refractivity contribution in [2.45, 2.75) is 25.1 Å².